The van der Waals surface area contributed by atoms with Crippen molar-refractivity contribution >= 4 is 0 Å². The minimum atomic E-state index is 0.146. The molecule has 0 bridgehead atoms. The highest BCUT2D eigenvalue weighted by Gasteiger charge is 2.16. The standard InChI is InChI=1S/C20H27N/c1-15(17-8-6-5-7-9-17)19(21)14-16-10-12-18(13-11-16)20(2,3)4/h5-13,15,19H,14,21H2,1-4H3. The van der Waals surface area contributed by atoms with Gasteiger partial charge in [-0.1, -0.05) is 82.3 Å². The molecule has 0 aliphatic heterocycles. The topological polar surface area (TPSA) is 26.0 Å². The maximum atomic E-state index is 6.41. The largest absolute Gasteiger partial charge is 0.327 e. The summed E-state index contributed by atoms with van der Waals surface area (Å²) in [5, 5.41) is 0. The quantitative estimate of drug-likeness (QED) is 0.866. The van der Waals surface area contributed by atoms with Crippen molar-refractivity contribution in [3.63, 3.8) is 0 Å². The van der Waals surface area contributed by atoms with Crippen molar-refractivity contribution in [2.75, 3.05) is 0 Å². The van der Waals surface area contributed by atoms with Crippen molar-refractivity contribution in [3.8, 4) is 0 Å². The van der Waals surface area contributed by atoms with Gasteiger partial charge in [0.15, 0.2) is 0 Å². The van der Waals surface area contributed by atoms with E-state index in [2.05, 4.69) is 76.2 Å². The second-order valence-electron chi connectivity index (χ2n) is 7.01. The number of rotatable bonds is 4. The predicted octanol–water partition coefficient (Wildman–Crippen LogP) is 4.66. The van der Waals surface area contributed by atoms with E-state index in [1.807, 2.05) is 6.07 Å². The Bertz CT molecular complexity index is 549. The molecule has 0 saturated carbocycles. The van der Waals surface area contributed by atoms with Gasteiger partial charge in [0.25, 0.3) is 0 Å². The van der Waals surface area contributed by atoms with Crippen LogP contribution in [0, 0.1) is 0 Å². The second kappa shape index (κ2) is 6.44. The SMILES string of the molecule is CC(c1ccccc1)C(N)Cc1ccc(C(C)(C)C)cc1. The fourth-order valence-electron chi connectivity index (χ4n) is 2.59. The lowest BCUT2D eigenvalue weighted by Crippen LogP contribution is -2.29. The first-order valence-corrected chi connectivity index (χ1v) is 7.78. The molecule has 2 N–H and O–H groups in total. The summed E-state index contributed by atoms with van der Waals surface area (Å²) in [5.41, 5.74) is 10.6. The van der Waals surface area contributed by atoms with Crippen molar-refractivity contribution in [2.24, 2.45) is 5.73 Å². The molecule has 1 heteroatoms. The van der Waals surface area contributed by atoms with Crippen LogP contribution in [0.2, 0.25) is 0 Å². The third-order valence-corrected chi connectivity index (χ3v) is 4.26. The Morgan fingerprint density at radius 3 is 2.00 bits per heavy atom. The number of benzene rings is 2. The Morgan fingerprint density at radius 2 is 1.48 bits per heavy atom. The summed E-state index contributed by atoms with van der Waals surface area (Å²) < 4.78 is 0. The minimum Gasteiger partial charge on any atom is -0.327 e. The maximum absolute atomic E-state index is 6.41. The molecule has 0 heterocycles. The van der Waals surface area contributed by atoms with Gasteiger partial charge in [0.05, 0.1) is 0 Å². The van der Waals surface area contributed by atoms with Crippen molar-refractivity contribution in [3.05, 3.63) is 71.3 Å². The summed E-state index contributed by atoms with van der Waals surface area (Å²) in [6.45, 7) is 8.94. The molecule has 0 radical (unpaired) electrons. The van der Waals surface area contributed by atoms with E-state index in [1.165, 1.54) is 16.7 Å². The predicted molar refractivity (Wildman–Crippen MR) is 91.7 cm³/mol. The number of nitrogens with two attached hydrogens (primary N) is 1. The molecule has 0 aliphatic rings. The van der Waals surface area contributed by atoms with Gasteiger partial charge >= 0.3 is 0 Å². The van der Waals surface area contributed by atoms with E-state index < -0.39 is 0 Å². The molecule has 1 nitrogen and oxygen atoms in total. The van der Waals surface area contributed by atoms with E-state index in [0.29, 0.717) is 5.92 Å². The van der Waals surface area contributed by atoms with Crippen molar-refractivity contribution in [1.82, 2.24) is 0 Å². The van der Waals surface area contributed by atoms with E-state index >= 15 is 0 Å². The fourth-order valence-corrected chi connectivity index (χ4v) is 2.59. The van der Waals surface area contributed by atoms with Gasteiger partial charge in [0.1, 0.15) is 0 Å². The molecule has 2 atom stereocenters. The fraction of sp³-hybridized carbons (Fsp3) is 0.400. The van der Waals surface area contributed by atoms with E-state index in [4.69, 9.17) is 5.73 Å². The zero-order valence-electron chi connectivity index (χ0n) is 13.6. The van der Waals surface area contributed by atoms with Gasteiger partial charge in [-0.2, -0.15) is 0 Å². The van der Waals surface area contributed by atoms with E-state index in [9.17, 15) is 0 Å². The normalized spacial score (nSPS) is 14.7. The molecule has 112 valence electrons. The molecule has 0 aliphatic carbocycles. The second-order valence-corrected chi connectivity index (χ2v) is 7.01. The first kappa shape index (κ1) is 15.8. The lowest BCUT2D eigenvalue weighted by atomic mass is 9.85. The highest BCUT2D eigenvalue weighted by Crippen LogP contribution is 2.24. The molecular formula is C20H27N. The van der Waals surface area contributed by atoms with Crippen molar-refractivity contribution in [2.45, 2.75) is 51.5 Å². The Hall–Kier alpha value is -1.60. The van der Waals surface area contributed by atoms with Crippen molar-refractivity contribution < 1.29 is 0 Å². The zero-order chi connectivity index (χ0) is 15.5. The van der Waals surface area contributed by atoms with Crippen LogP contribution in [-0.4, -0.2) is 6.04 Å². The average Bonchev–Trinajstić information content (AvgIpc) is 2.47. The summed E-state index contributed by atoms with van der Waals surface area (Å²) in [6, 6.07) is 19.6. The average molecular weight is 281 g/mol. The molecule has 0 saturated heterocycles. The summed E-state index contributed by atoms with van der Waals surface area (Å²) >= 11 is 0. The van der Waals surface area contributed by atoms with E-state index in [0.717, 1.165) is 6.42 Å². The summed E-state index contributed by atoms with van der Waals surface area (Å²) in [4.78, 5) is 0. The van der Waals surface area contributed by atoms with Crippen LogP contribution in [0.1, 0.15) is 50.3 Å². The van der Waals surface area contributed by atoms with Crippen LogP contribution in [-0.2, 0) is 11.8 Å². The molecule has 2 aromatic carbocycles. The Balaban J connectivity index is 2.04. The minimum absolute atomic E-state index is 0.146. The Kier molecular flexibility index (Phi) is 4.84. The highest BCUT2D eigenvalue weighted by molar-refractivity contribution is 5.29. The molecule has 0 fully saturated rings. The smallest absolute Gasteiger partial charge is 0.0146 e. The molecular weight excluding hydrogens is 254 g/mol. The first-order chi connectivity index (χ1) is 9.88. The molecule has 0 aromatic heterocycles. The Morgan fingerprint density at radius 1 is 0.905 bits per heavy atom. The molecule has 2 rings (SSSR count). The monoisotopic (exact) mass is 281 g/mol. The van der Waals surface area contributed by atoms with Gasteiger partial charge in [-0.3, -0.25) is 0 Å². The first-order valence-electron chi connectivity index (χ1n) is 7.78. The Labute approximate surface area is 129 Å². The van der Waals surface area contributed by atoms with Gasteiger partial charge in [0, 0.05) is 6.04 Å². The van der Waals surface area contributed by atoms with Crippen LogP contribution in [0.15, 0.2) is 54.6 Å². The van der Waals surface area contributed by atoms with Crippen LogP contribution < -0.4 is 5.73 Å². The van der Waals surface area contributed by atoms with Gasteiger partial charge in [-0.05, 0) is 34.4 Å². The molecule has 21 heavy (non-hydrogen) atoms. The molecule has 0 amide bonds. The van der Waals surface area contributed by atoms with Crippen LogP contribution in [0.4, 0.5) is 0 Å². The number of hydrogen-bond acceptors (Lipinski definition) is 1. The van der Waals surface area contributed by atoms with E-state index in [-0.39, 0.29) is 11.5 Å². The molecule has 0 spiro atoms. The summed E-state index contributed by atoms with van der Waals surface area (Å²) in [5.74, 6) is 0.369. The van der Waals surface area contributed by atoms with Crippen LogP contribution in [0.5, 0.6) is 0 Å². The van der Waals surface area contributed by atoms with Crippen LogP contribution in [0.3, 0.4) is 0 Å². The lowest BCUT2D eigenvalue weighted by Gasteiger charge is -2.22. The van der Waals surface area contributed by atoms with Gasteiger partial charge < -0.3 is 5.73 Å². The van der Waals surface area contributed by atoms with Gasteiger partial charge in [0.2, 0.25) is 0 Å². The highest BCUT2D eigenvalue weighted by atomic mass is 14.6. The summed E-state index contributed by atoms with van der Waals surface area (Å²) in [7, 11) is 0. The summed E-state index contributed by atoms with van der Waals surface area (Å²) in [6.07, 6.45) is 0.917. The molecule has 2 unspecified atom stereocenters. The van der Waals surface area contributed by atoms with Gasteiger partial charge in [-0.15, -0.1) is 0 Å². The molecule has 2 aromatic rings. The lowest BCUT2D eigenvalue weighted by molar-refractivity contribution is 0.562. The maximum Gasteiger partial charge on any atom is 0.0146 e. The number of hydrogen-bond donors (Lipinski definition) is 1. The zero-order valence-corrected chi connectivity index (χ0v) is 13.6. The van der Waals surface area contributed by atoms with E-state index in [1.54, 1.807) is 0 Å². The van der Waals surface area contributed by atoms with Gasteiger partial charge in [-0.25, -0.2) is 0 Å². The van der Waals surface area contributed by atoms with Crippen LogP contribution >= 0.6 is 0 Å². The van der Waals surface area contributed by atoms with Crippen LogP contribution in [0.25, 0.3) is 0 Å². The van der Waals surface area contributed by atoms with Crippen molar-refractivity contribution in [1.29, 1.82) is 0 Å². The third kappa shape index (κ3) is 4.18. The third-order valence-electron chi connectivity index (χ3n) is 4.26.